The topological polar surface area (TPSA) is 78.9 Å². The van der Waals surface area contributed by atoms with Gasteiger partial charge in [0, 0.05) is 19.3 Å². The Bertz CT molecular complexity index is 1390. The van der Waals surface area contributed by atoms with Crippen molar-refractivity contribution in [3.05, 3.63) is 109 Å². The summed E-state index contributed by atoms with van der Waals surface area (Å²) < 4.78 is 16.7. The van der Waals surface area contributed by atoms with E-state index in [0.29, 0.717) is 19.3 Å². The van der Waals surface area contributed by atoms with Gasteiger partial charge in [-0.2, -0.15) is 0 Å². The van der Waals surface area contributed by atoms with E-state index in [4.69, 9.17) is 14.2 Å². The van der Waals surface area contributed by atoms with Crippen LogP contribution in [0.2, 0.25) is 0 Å². The molecule has 0 radical (unpaired) electrons. The lowest BCUT2D eigenvalue weighted by Crippen LogP contribution is -2.30. The molecule has 0 rings (SSSR count). The van der Waals surface area contributed by atoms with Crippen LogP contribution in [0.4, 0.5) is 0 Å². The van der Waals surface area contributed by atoms with Crippen LogP contribution in [0.3, 0.4) is 0 Å². The van der Waals surface area contributed by atoms with Crippen molar-refractivity contribution >= 4 is 17.9 Å². The van der Waals surface area contributed by atoms with Crippen molar-refractivity contribution < 1.29 is 28.6 Å². The second-order valence-electron chi connectivity index (χ2n) is 17.7. The molecule has 1 atom stereocenters. The lowest BCUT2D eigenvalue weighted by Gasteiger charge is -2.18. The Balaban J connectivity index is 4.58. The van der Waals surface area contributed by atoms with Gasteiger partial charge in [0.1, 0.15) is 13.2 Å². The van der Waals surface area contributed by atoms with Crippen molar-refractivity contribution in [1.82, 2.24) is 0 Å². The maximum atomic E-state index is 12.8. The van der Waals surface area contributed by atoms with Crippen LogP contribution in [0, 0.1) is 0 Å². The largest absolute Gasteiger partial charge is 0.462 e. The van der Waals surface area contributed by atoms with Crippen molar-refractivity contribution in [2.75, 3.05) is 13.2 Å². The highest BCUT2D eigenvalue weighted by Gasteiger charge is 2.19. The maximum absolute atomic E-state index is 12.8. The average Bonchev–Trinajstić information content (AvgIpc) is 3.33. The summed E-state index contributed by atoms with van der Waals surface area (Å²) in [5, 5.41) is 0. The first-order valence-electron chi connectivity index (χ1n) is 27.4. The zero-order valence-electron chi connectivity index (χ0n) is 43.4. The Morgan fingerprint density at radius 3 is 0.985 bits per heavy atom. The molecule has 67 heavy (non-hydrogen) atoms. The van der Waals surface area contributed by atoms with Gasteiger partial charge in [0.05, 0.1) is 0 Å². The Labute approximate surface area is 412 Å². The van der Waals surface area contributed by atoms with E-state index in [9.17, 15) is 14.4 Å². The summed E-state index contributed by atoms with van der Waals surface area (Å²) >= 11 is 0. The molecule has 0 fully saturated rings. The molecule has 0 aliphatic heterocycles. The van der Waals surface area contributed by atoms with Gasteiger partial charge in [0.15, 0.2) is 6.10 Å². The number of carbonyl (C=O) groups excluding carboxylic acids is 3. The summed E-state index contributed by atoms with van der Waals surface area (Å²) in [6, 6.07) is 0. The number of hydrogen-bond acceptors (Lipinski definition) is 6. The molecule has 0 aromatic heterocycles. The van der Waals surface area contributed by atoms with Gasteiger partial charge in [-0.15, -0.1) is 0 Å². The van der Waals surface area contributed by atoms with Crippen molar-refractivity contribution in [1.29, 1.82) is 0 Å². The molecule has 0 bridgehead atoms. The van der Waals surface area contributed by atoms with Crippen molar-refractivity contribution in [3.8, 4) is 0 Å². The van der Waals surface area contributed by atoms with Crippen LogP contribution in [0.1, 0.15) is 239 Å². The Morgan fingerprint density at radius 1 is 0.313 bits per heavy atom. The van der Waals surface area contributed by atoms with Gasteiger partial charge in [-0.1, -0.05) is 214 Å². The highest BCUT2D eigenvalue weighted by molar-refractivity contribution is 5.71. The molecule has 380 valence electrons. The third kappa shape index (κ3) is 52.9. The summed E-state index contributed by atoms with van der Waals surface area (Å²) in [5.41, 5.74) is 0. The highest BCUT2D eigenvalue weighted by Crippen LogP contribution is 2.12. The number of rotatable bonds is 48. The van der Waals surface area contributed by atoms with Crippen molar-refractivity contribution in [3.63, 3.8) is 0 Å². The molecule has 0 aromatic rings. The monoisotopic (exact) mass is 929 g/mol. The molecule has 0 heterocycles. The quantitative estimate of drug-likeness (QED) is 0.0262. The molecule has 0 unspecified atom stereocenters. The molecule has 0 N–H and O–H groups in total. The van der Waals surface area contributed by atoms with E-state index in [1.54, 1.807) is 0 Å². The first-order chi connectivity index (χ1) is 33.0. The minimum Gasteiger partial charge on any atom is -0.462 e. The van der Waals surface area contributed by atoms with Gasteiger partial charge < -0.3 is 14.2 Å². The van der Waals surface area contributed by atoms with E-state index in [1.807, 2.05) is 0 Å². The normalized spacial score (nSPS) is 12.9. The Hall–Kier alpha value is -3.93. The third-order valence-electron chi connectivity index (χ3n) is 11.2. The van der Waals surface area contributed by atoms with E-state index in [1.165, 1.54) is 96.3 Å². The summed E-state index contributed by atoms with van der Waals surface area (Å²) in [4.78, 5) is 38.0. The minimum absolute atomic E-state index is 0.122. The molecule has 0 aliphatic carbocycles. The average molecular weight is 929 g/mol. The second-order valence-corrected chi connectivity index (χ2v) is 17.7. The molecule has 6 heteroatoms. The zero-order chi connectivity index (χ0) is 48.6. The Kier molecular flexibility index (Phi) is 51.5. The maximum Gasteiger partial charge on any atom is 0.306 e. The number of hydrogen-bond donors (Lipinski definition) is 0. The van der Waals surface area contributed by atoms with Crippen LogP contribution in [-0.4, -0.2) is 37.2 Å². The zero-order valence-corrected chi connectivity index (χ0v) is 43.4. The number of allylic oxidation sites excluding steroid dienone is 18. The number of ether oxygens (including phenoxy) is 3. The molecular formula is C61H100O6. The molecule has 0 aliphatic rings. The lowest BCUT2D eigenvalue weighted by atomic mass is 10.1. The summed E-state index contributed by atoms with van der Waals surface area (Å²) in [5.74, 6) is -1.05. The molecule has 0 spiro atoms. The van der Waals surface area contributed by atoms with Crippen LogP contribution in [0.5, 0.6) is 0 Å². The standard InChI is InChI=1S/C61H100O6/c1-4-7-10-13-16-19-22-25-28-30-33-36-39-42-45-48-51-54-60(63)66-57-58(56-65-59(62)53-50-47-44-41-38-35-32-27-24-21-18-15-12-9-6-3)67-61(64)55-52-49-46-43-40-37-34-31-29-26-23-20-17-14-11-8-5-2/h8,11,17,20,25-29,32-34,36-37,42-43,45-46,58H,4-7,9-10,12-16,18-19,21-24,30-31,35,38-41,44,47-57H2,1-3H3/b11-8-,20-17-,28-25-,29-26-,32-27-,36-33-,37-34-,45-42-,46-43-/t58-/m0/s1. The highest BCUT2D eigenvalue weighted by atomic mass is 16.6. The van der Waals surface area contributed by atoms with Crippen LogP contribution < -0.4 is 0 Å². The second kappa shape index (κ2) is 54.7. The van der Waals surface area contributed by atoms with Gasteiger partial charge in [-0.3, -0.25) is 14.4 Å². The fourth-order valence-electron chi connectivity index (χ4n) is 7.13. The third-order valence-corrected chi connectivity index (χ3v) is 11.2. The van der Waals surface area contributed by atoms with Crippen molar-refractivity contribution in [2.24, 2.45) is 0 Å². The lowest BCUT2D eigenvalue weighted by molar-refractivity contribution is -0.167. The van der Waals surface area contributed by atoms with E-state index in [-0.39, 0.29) is 44.0 Å². The molecule has 0 amide bonds. The minimum atomic E-state index is -0.833. The van der Waals surface area contributed by atoms with Gasteiger partial charge in [0.25, 0.3) is 0 Å². The molecule has 6 nitrogen and oxygen atoms in total. The Morgan fingerprint density at radius 2 is 0.597 bits per heavy atom. The fourth-order valence-corrected chi connectivity index (χ4v) is 7.13. The predicted molar refractivity (Wildman–Crippen MR) is 288 cm³/mol. The van der Waals surface area contributed by atoms with Gasteiger partial charge >= 0.3 is 17.9 Å². The SMILES string of the molecule is CC/C=C\C/C=C\C/C=C\C/C=C\C/C=C\CCCC(=O)O[C@H](COC(=O)CCC/C=C\C/C=C\C/C=C\CCCCCCCC)COC(=O)CCCCCCC/C=C\CCCCCCCC. The van der Waals surface area contributed by atoms with Crippen LogP contribution >= 0.6 is 0 Å². The predicted octanol–water partition coefficient (Wildman–Crippen LogP) is 18.3. The van der Waals surface area contributed by atoms with Gasteiger partial charge in [-0.05, 0) is 116 Å². The van der Waals surface area contributed by atoms with Gasteiger partial charge in [0.2, 0.25) is 0 Å². The van der Waals surface area contributed by atoms with E-state index in [0.717, 1.165) is 89.9 Å². The van der Waals surface area contributed by atoms with Crippen molar-refractivity contribution in [2.45, 2.75) is 245 Å². The van der Waals surface area contributed by atoms with Crippen LogP contribution in [0.15, 0.2) is 109 Å². The summed E-state index contributed by atoms with van der Waals surface area (Å²) in [6.45, 7) is 6.41. The smallest absolute Gasteiger partial charge is 0.306 e. The summed E-state index contributed by atoms with van der Waals surface area (Å²) in [6.07, 6.45) is 73.7. The number of carbonyl (C=O) groups is 3. The molecular weight excluding hydrogens is 829 g/mol. The van der Waals surface area contributed by atoms with Crippen LogP contribution in [-0.2, 0) is 28.6 Å². The fraction of sp³-hybridized carbons (Fsp3) is 0.656. The first-order valence-corrected chi connectivity index (χ1v) is 27.4. The molecule has 0 saturated carbocycles. The van der Waals surface area contributed by atoms with E-state index >= 15 is 0 Å². The number of unbranched alkanes of at least 4 members (excludes halogenated alkanes) is 19. The molecule has 0 saturated heterocycles. The summed E-state index contributed by atoms with van der Waals surface area (Å²) in [7, 11) is 0. The van der Waals surface area contributed by atoms with Crippen LogP contribution in [0.25, 0.3) is 0 Å². The van der Waals surface area contributed by atoms with E-state index < -0.39 is 6.10 Å². The van der Waals surface area contributed by atoms with E-state index in [2.05, 4.69) is 130 Å². The van der Waals surface area contributed by atoms with Gasteiger partial charge in [-0.25, -0.2) is 0 Å². The number of esters is 3. The first kappa shape index (κ1) is 63.1. The molecule has 0 aromatic carbocycles.